The number of carboxylic acid groups (broad SMARTS) is 1. The van der Waals surface area contributed by atoms with E-state index in [-0.39, 0.29) is 17.9 Å². The van der Waals surface area contributed by atoms with E-state index in [1.807, 2.05) is 6.92 Å². The van der Waals surface area contributed by atoms with Crippen molar-refractivity contribution in [1.29, 1.82) is 0 Å². The van der Waals surface area contributed by atoms with Gasteiger partial charge < -0.3 is 14.6 Å². The molecule has 0 bridgehead atoms. The van der Waals surface area contributed by atoms with Crippen molar-refractivity contribution in [2.45, 2.75) is 26.1 Å². The third-order valence-electron chi connectivity index (χ3n) is 2.17. The molecule has 0 saturated heterocycles. The Morgan fingerprint density at radius 2 is 2.00 bits per heavy atom. The zero-order valence-electron chi connectivity index (χ0n) is 10.2. The summed E-state index contributed by atoms with van der Waals surface area (Å²) in [5.41, 5.74) is -0.166. The smallest absolute Gasteiger partial charge is 0.490 e. The predicted molar refractivity (Wildman–Crippen MR) is 60.5 cm³/mol. The number of carbonyl (C=O) groups is 1. The Kier molecular flexibility index (Phi) is 5.02. The lowest BCUT2D eigenvalue weighted by Gasteiger charge is -2.14. The zero-order valence-corrected chi connectivity index (χ0v) is 10.2. The molecule has 0 saturated carbocycles. The Bertz CT molecular complexity index is 443. The average Bonchev–Trinajstić information content (AvgIpc) is 2.29. The molecule has 19 heavy (non-hydrogen) atoms. The number of aromatic carboxylic acids is 1. The van der Waals surface area contributed by atoms with Gasteiger partial charge in [-0.1, -0.05) is 13.3 Å². The first kappa shape index (κ1) is 15.1. The Hall–Kier alpha value is -1.92. The minimum absolute atomic E-state index is 0.166. The molecule has 0 amide bonds. The van der Waals surface area contributed by atoms with Gasteiger partial charge in [-0.15, -0.1) is 13.2 Å². The van der Waals surface area contributed by atoms with E-state index in [1.54, 1.807) is 0 Å². The van der Waals surface area contributed by atoms with Crippen molar-refractivity contribution in [1.82, 2.24) is 0 Å². The summed E-state index contributed by atoms with van der Waals surface area (Å²) in [7, 11) is 0. The van der Waals surface area contributed by atoms with Crippen LogP contribution in [0.5, 0.6) is 11.5 Å². The Labute approximate surface area is 107 Å². The number of halogens is 3. The molecule has 0 atom stereocenters. The van der Waals surface area contributed by atoms with Gasteiger partial charge in [-0.2, -0.15) is 0 Å². The minimum atomic E-state index is -4.85. The van der Waals surface area contributed by atoms with Crippen molar-refractivity contribution in [3.8, 4) is 11.5 Å². The fraction of sp³-hybridized carbons (Fsp3) is 0.417. The molecule has 0 aromatic heterocycles. The molecule has 0 fully saturated rings. The number of ether oxygens (including phenoxy) is 2. The zero-order chi connectivity index (χ0) is 14.5. The summed E-state index contributed by atoms with van der Waals surface area (Å²) in [5.74, 6) is -2.03. The second-order valence-corrected chi connectivity index (χ2v) is 3.72. The molecule has 1 aromatic rings. The molecule has 0 spiro atoms. The van der Waals surface area contributed by atoms with Gasteiger partial charge in [-0.05, 0) is 24.6 Å². The third kappa shape index (κ3) is 5.07. The summed E-state index contributed by atoms with van der Waals surface area (Å²) < 4.78 is 45.4. The van der Waals surface area contributed by atoms with Crippen molar-refractivity contribution in [3.63, 3.8) is 0 Å². The third-order valence-corrected chi connectivity index (χ3v) is 2.17. The van der Waals surface area contributed by atoms with E-state index in [1.165, 1.54) is 0 Å². The molecule has 0 aliphatic carbocycles. The summed E-state index contributed by atoms with van der Waals surface area (Å²) in [6.07, 6.45) is -3.41. The summed E-state index contributed by atoms with van der Waals surface area (Å²) in [5, 5.41) is 8.79. The Morgan fingerprint density at radius 1 is 1.32 bits per heavy atom. The number of unbranched alkanes of at least 4 members (excludes halogenated alkanes) is 1. The first-order valence-corrected chi connectivity index (χ1v) is 5.59. The maximum atomic E-state index is 12.2. The average molecular weight is 278 g/mol. The maximum absolute atomic E-state index is 12.2. The normalized spacial score (nSPS) is 11.2. The van der Waals surface area contributed by atoms with E-state index in [9.17, 15) is 18.0 Å². The van der Waals surface area contributed by atoms with E-state index in [0.717, 1.165) is 24.6 Å². The fourth-order valence-electron chi connectivity index (χ4n) is 1.29. The summed E-state index contributed by atoms with van der Waals surface area (Å²) in [6.45, 7) is 2.08. The topological polar surface area (TPSA) is 55.8 Å². The van der Waals surface area contributed by atoms with Crippen molar-refractivity contribution in [2.75, 3.05) is 6.61 Å². The van der Waals surface area contributed by atoms with Gasteiger partial charge in [0.1, 0.15) is 0 Å². The molecule has 0 aliphatic rings. The number of carboxylic acids is 1. The van der Waals surface area contributed by atoms with Crippen LogP contribution in [0.15, 0.2) is 18.2 Å². The van der Waals surface area contributed by atoms with Gasteiger partial charge in [-0.25, -0.2) is 4.79 Å². The van der Waals surface area contributed by atoms with Crippen LogP contribution in [0.25, 0.3) is 0 Å². The quantitative estimate of drug-likeness (QED) is 0.809. The number of hydrogen-bond donors (Lipinski definition) is 1. The number of hydrogen-bond acceptors (Lipinski definition) is 3. The second kappa shape index (κ2) is 6.31. The molecule has 1 N–H and O–H groups in total. The standard InChI is InChI=1S/C12H13F3O4/c1-2-3-6-18-10-7-8(11(16)17)4-5-9(10)19-12(13,14)15/h4-5,7H,2-3,6H2,1H3,(H,16,17). The highest BCUT2D eigenvalue weighted by Crippen LogP contribution is 2.33. The molecule has 106 valence electrons. The van der Waals surface area contributed by atoms with Crippen LogP contribution in [-0.4, -0.2) is 24.0 Å². The lowest BCUT2D eigenvalue weighted by Crippen LogP contribution is -2.18. The van der Waals surface area contributed by atoms with E-state index in [2.05, 4.69) is 4.74 Å². The van der Waals surface area contributed by atoms with Crippen molar-refractivity contribution < 1.29 is 32.5 Å². The van der Waals surface area contributed by atoms with Crippen LogP contribution in [-0.2, 0) is 0 Å². The van der Waals surface area contributed by atoms with Crippen LogP contribution in [0, 0.1) is 0 Å². The molecule has 1 rings (SSSR count). The molecule has 0 aliphatic heterocycles. The first-order valence-electron chi connectivity index (χ1n) is 5.59. The Morgan fingerprint density at radius 3 is 2.53 bits per heavy atom. The maximum Gasteiger partial charge on any atom is 0.573 e. The van der Waals surface area contributed by atoms with Gasteiger partial charge in [0.15, 0.2) is 11.5 Å². The highest BCUT2D eigenvalue weighted by molar-refractivity contribution is 5.88. The van der Waals surface area contributed by atoms with Crippen LogP contribution in [0.2, 0.25) is 0 Å². The van der Waals surface area contributed by atoms with E-state index in [0.29, 0.717) is 6.42 Å². The number of alkyl halides is 3. The molecular formula is C12H13F3O4. The van der Waals surface area contributed by atoms with Crippen LogP contribution in [0.3, 0.4) is 0 Å². The number of benzene rings is 1. The van der Waals surface area contributed by atoms with E-state index in [4.69, 9.17) is 9.84 Å². The molecule has 0 heterocycles. The number of rotatable bonds is 6. The Balaban J connectivity index is 2.97. The molecule has 1 aromatic carbocycles. The van der Waals surface area contributed by atoms with E-state index >= 15 is 0 Å². The minimum Gasteiger partial charge on any atom is -0.490 e. The van der Waals surface area contributed by atoms with Gasteiger partial charge in [0.2, 0.25) is 0 Å². The van der Waals surface area contributed by atoms with Crippen LogP contribution < -0.4 is 9.47 Å². The van der Waals surface area contributed by atoms with Gasteiger partial charge in [0.05, 0.1) is 12.2 Å². The molecule has 7 heteroatoms. The van der Waals surface area contributed by atoms with E-state index < -0.39 is 18.1 Å². The SMILES string of the molecule is CCCCOc1cc(C(=O)O)ccc1OC(F)(F)F. The van der Waals surface area contributed by atoms with Crippen LogP contribution in [0.4, 0.5) is 13.2 Å². The first-order chi connectivity index (χ1) is 8.83. The molecule has 0 unspecified atom stereocenters. The lowest BCUT2D eigenvalue weighted by molar-refractivity contribution is -0.275. The highest BCUT2D eigenvalue weighted by Gasteiger charge is 2.32. The fourth-order valence-corrected chi connectivity index (χ4v) is 1.29. The van der Waals surface area contributed by atoms with Gasteiger partial charge in [0.25, 0.3) is 0 Å². The van der Waals surface area contributed by atoms with Crippen molar-refractivity contribution >= 4 is 5.97 Å². The molecule has 4 nitrogen and oxygen atoms in total. The predicted octanol–water partition coefficient (Wildman–Crippen LogP) is 3.46. The summed E-state index contributed by atoms with van der Waals surface area (Å²) in [4.78, 5) is 10.8. The van der Waals surface area contributed by atoms with Crippen LogP contribution >= 0.6 is 0 Å². The lowest BCUT2D eigenvalue weighted by atomic mass is 10.2. The molecule has 0 radical (unpaired) electrons. The largest absolute Gasteiger partial charge is 0.573 e. The van der Waals surface area contributed by atoms with Gasteiger partial charge in [0, 0.05) is 0 Å². The van der Waals surface area contributed by atoms with Crippen LogP contribution in [0.1, 0.15) is 30.1 Å². The summed E-state index contributed by atoms with van der Waals surface area (Å²) in [6, 6.07) is 2.97. The second-order valence-electron chi connectivity index (χ2n) is 3.72. The van der Waals surface area contributed by atoms with Gasteiger partial charge in [-0.3, -0.25) is 0 Å². The molecular weight excluding hydrogens is 265 g/mol. The highest BCUT2D eigenvalue weighted by atomic mass is 19.4. The van der Waals surface area contributed by atoms with Gasteiger partial charge >= 0.3 is 12.3 Å². The monoisotopic (exact) mass is 278 g/mol. The van der Waals surface area contributed by atoms with Crippen molar-refractivity contribution in [2.24, 2.45) is 0 Å². The van der Waals surface area contributed by atoms with Crippen molar-refractivity contribution in [3.05, 3.63) is 23.8 Å². The summed E-state index contributed by atoms with van der Waals surface area (Å²) >= 11 is 0.